The van der Waals surface area contributed by atoms with Crippen molar-refractivity contribution in [3.63, 3.8) is 0 Å². The van der Waals surface area contributed by atoms with Gasteiger partial charge < -0.3 is 21.4 Å². The van der Waals surface area contributed by atoms with E-state index >= 15 is 0 Å². The molecule has 0 bridgehead atoms. The van der Waals surface area contributed by atoms with Crippen molar-refractivity contribution in [2.45, 2.75) is 52.0 Å². The van der Waals surface area contributed by atoms with E-state index < -0.39 is 5.97 Å². The molecule has 0 radical (unpaired) electrons. The molecule has 0 fully saturated rings. The van der Waals surface area contributed by atoms with Gasteiger partial charge in [-0.25, -0.2) is 0 Å². The minimum atomic E-state index is -0.746. The Balaban J connectivity index is -0.000000301. The Labute approximate surface area is 139 Å². The van der Waals surface area contributed by atoms with Gasteiger partial charge in [-0.3, -0.25) is 14.5 Å². The molecule has 0 aromatic carbocycles. The second-order valence-corrected chi connectivity index (χ2v) is 5.13. The van der Waals surface area contributed by atoms with Crippen LogP contribution in [0, 0.1) is 0 Å². The highest BCUT2D eigenvalue weighted by molar-refractivity contribution is 5.68. The number of likely N-dealkylation sites (N-methyl/N-ethyl adjacent to an activating group) is 1. The summed E-state index contributed by atoms with van der Waals surface area (Å²) in [6.07, 6.45) is 5.86. The molecule has 0 aliphatic heterocycles. The Morgan fingerprint density at radius 2 is 1.87 bits per heavy atom. The van der Waals surface area contributed by atoms with Gasteiger partial charge in [-0.15, -0.1) is 0 Å². The molecule has 0 saturated heterocycles. The molecule has 7 heteroatoms. The summed E-state index contributed by atoms with van der Waals surface area (Å²) >= 11 is 0. The van der Waals surface area contributed by atoms with E-state index in [1.165, 1.54) is 12.8 Å². The number of aliphatic carboxylic acids is 1. The molecule has 23 heavy (non-hydrogen) atoms. The number of rotatable bonds is 10. The first-order valence-electron chi connectivity index (χ1n) is 7.69. The molecule has 0 aromatic heterocycles. The van der Waals surface area contributed by atoms with Crippen LogP contribution < -0.4 is 11.5 Å². The number of hydrogen-bond acceptors (Lipinski definition) is 5. The zero-order valence-electron chi connectivity index (χ0n) is 14.7. The number of carbonyl (C=O) groups excluding carboxylic acids is 2. The number of aldehydes is 1. The number of nitrogens with two attached hydrogens (primary N) is 2. The van der Waals surface area contributed by atoms with E-state index in [0.717, 1.165) is 31.2 Å². The first-order chi connectivity index (χ1) is 10.8. The monoisotopic (exact) mass is 331 g/mol. The van der Waals surface area contributed by atoms with Crippen LogP contribution in [0.2, 0.25) is 0 Å². The molecule has 0 saturated carbocycles. The molecule has 0 unspecified atom stereocenters. The normalized spacial score (nSPS) is 10.5. The number of carboxylic acids is 1. The Morgan fingerprint density at radius 1 is 1.35 bits per heavy atom. The maximum atomic E-state index is 10.2. The zero-order chi connectivity index (χ0) is 18.7. The van der Waals surface area contributed by atoms with Crippen LogP contribution in [0.25, 0.3) is 0 Å². The third-order valence-electron chi connectivity index (χ3n) is 2.78. The van der Waals surface area contributed by atoms with Gasteiger partial charge in [0.05, 0.1) is 6.54 Å². The zero-order valence-corrected chi connectivity index (χ0v) is 14.7. The lowest BCUT2D eigenvalue weighted by Crippen LogP contribution is -2.26. The van der Waals surface area contributed by atoms with Crippen LogP contribution in [0.4, 0.5) is 0 Å². The number of hydrogen-bond donors (Lipinski definition) is 3. The lowest BCUT2D eigenvalue weighted by Gasteiger charge is -2.12. The van der Waals surface area contributed by atoms with Crippen molar-refractivity contribution in [3.8, 4) is 0 Å². The number of amides is 1. The van der Waals surface area contributed by atoms with Crippen molar-refractivity contribution in [3.05, 3.63) is 12.2 Å². The average molecular weight is 331 g/mol. The molecule has 0 aromatic rings. The van der Waals surface area contributed by atoms with Crippen molar-refractivity contribution in [2.24, 2.45) is 11.5 Å². The Bertz CT molecular complexity index is 320. The highest BCUT2D eigenvalue weighted by atomic mass is 16.4. The molecule has 1 amide bonds. The van der Waals surface area contributed by atoms with E-state index in [1.54, 1.807) is 0 Å². The summed E-state index contributed by atoms with van der Waals surface area (Å²) < 4.78 is 0. The number of primary amides is 1. The molecule has 5 N–H and O–H groups in total. The maximum absolute atomic E-state index is 10.2. The van der Waals surface area contributed by atoms with Crippen LogP contribution in [0.1, 0.15) is 46.0 Å². The van der Waals surface area contributed by atoms with Crippen molar-refractivity contribution in [1.82, 2.24) is 4.90 Å². The molecule has 7 nitrogen and oxygen atoms in total. The molecule has 0 spiro atoms. The molecule has 0 rings (SSSR count). The fraction of sp³-hybridized carbons (Fsp3) is 0.688. The SMILES string of the molecule is C=C(CCC=O)[C@H](C)N.CCCCCN(C)CC(=O)O.NC=O. The van der Waals surface area contributed by atoms with E-state index in [2.05, 4.69) is 19.2 Å². The van der Waals surface area contributed by atoms with Gasteiger partial charge >= 0.3 is 5.97 Å². The number of unbranched alkanes of at least 4 members (excludes halogenated alkanes) is 2. The van der Waals surface area contributed by atoms with Crippen LogP contribution >= 0.6 is 0 Å². The number of nitrogens with zero attached hydrogens (tertiary/aromatic N) is 1. The Hall–Kier alpha value is -1.73. The van der Waals surface area contributed by atoms with Crippen molar-refractivity contribution in [1.29, 1.82) is 0 Å². The lowest BCUT2D eigenvalue weighted by molar-refractivity contribution is -0.138. The predicted octanol–water partition coefficient (Wildman–Crippen LogP) is 1.16. The van der Waals surface area contributed by atoms with E-state index in [-0.39, 0.29) is 19.0 Å². The van der Waals surface area contributed by atoms with Crippen molar-refractivity contribution >= 4 is 18.7 Å². The highest BCUT2D eigenvalue weighted by Gasteiger charge is 2.02. The lowest BCUT2D eigenvalue weighted by atomic mass is 10.1. The van der Waals surface area contributed by atoms with Gasteiger partial charge in [-0.05, 0) is 33.4 Å². The minimum Gasteiger partial charge on any atom is -0.480 e. The van der Waals surface area contributed by atoms with Crippen molar-refractivity contribution < 1.29 is 19.5 Å². The summed E-state index contributed by atoms with van der Waals surface area (Å²) in [5, 5.41) is 8.40. The highest BCUT2D eigenvalue weighted by Crippen LogP contribution is 2.02. The van der Waals surface area contributed by atoms with Crippen molar-refractivity contribution in [2.75, 3.05) is 20.1 Å². The predicted molar refractivity (Wildman–Crippen MR) is 93.0 cm³/mol. The van der Waals surface area contributed by atoms with Gasteiger partial charge in [0.2, 0.25) is 6.41 Å². The molecular formula is C16H33N3O4. The van der Waals surface area contributed by atoms with Crippen LogP contribution in [0.5, 0.6) is 0 Å². The van der Waals surface area contributed by atoms with E-state index in [0.29, 0.717) is 6.42 Å². The summed E-state index contributed by atoms with van der Waals surface area (Å²) in [7, 11) is 1.84. The van der Waals surface area contributed by atoms with Gasteiger partial charge in [0.15, 0.2) is 0 Å². The van der Waals surface area contributed by atoms with Crippen LogP contribution in [-0.4, -0.2) is 54.9 Å². The molecule has 136 valence electrons. The standard InChI is InChI=1S/C8H17NO2.C7H13NO.CH3NO/c1-3-4-5-6-9(2)7-8(10)11;1-6(7(2)8)4-3-5-9;2-1-3/h3-7H2,1-2H3,(H,10,11);5,7H,1,3-4,8H2,2H3;1H,(H2,2,3)/t;7-;/m.0./s1. The van der Waals surface area contributed by atoms with E-state index in [1.807, 2.05) is 18.9 Å². The summed E-state index contributed by atoms with van der Waals surface area (Å²) in [5.41, 5.74) is 10.6. The van der Waals surface area contributed by atoms with Crippen LogP contribution in [0.3, 0.4) is 0 Å². The largest absolute Gasteiger partial charge is 0.480 e. The fourth-order valence-corrected chi connectivity index (χ4v) is 1.41. The molecular weight excluding hydrogens is 298 g/mol. The summed E-state index contributed by atoms with van der Waals surface area (Å²) in [6.45, 7) is 8.76. The summed E-state index contributed by atoms with van der Waals surface area (Å²) in [4.78, 5) is 30.5. The quantitative estimate of drug-likeness (QED) is 0.313. The second kappa shape index (κ2) is 20.3. The Kier molecular flexibility index (Phi) is 23.1. The van der Waals surface area contributed by atoms with Crippen LogP contribution in [-0.2, 0) is 14.4 Å². The molecule has 0 aliphatic carbocycles. The van der Waals surface area contributed by atoms with Gasteiger partial charge in [0.25, 0.3) is 0 Å². The topological polar surface area (TPSA) is 127 Å². The summed E-state index contributed by atoms with van der Waals surface area (Å²) in [6, 6.07) is 0.0185. The average Bonchev–Trinajstić information content (AvgIpc) is 2.45. The van der Waals surface area contributed by atoms with Gasteiger partial charge in [-0.2, -0.15) is 0 Å². The molecule has 0 heterocycles. The summed E-state index contributed by atoms with van der Waals surface area (Å²) in [5.74, 6) is -0.746. The minimum absolute atomic E-state index is 0.0185. The second-order valence-electron chi connectivity index (χ2n) is 5.13. The van der Waals surface area contributed by atoms with Gasteiger partial charge in [0.1, 0.15) is 6.29 Å². The smallest absolute Gasteiger partial charge is 0.317 e. The van der Waals surface area contributed by atoms with E-state index in [4.69, 9.17) is 15.6 Å². The van der Waals surface area contributed by atoms with Gasteiger partial charge in [0, 0.05) is 12.5 Å². The van der Waals surface area contributed by atoms with Gasteiger partial charge in [-0.1, -0.05) is 31.9 Å². The molecule has 0 aliphatic rings. The Morgan fingerprint density at radius 3 is 2.22 bits per heavy atom. The third kappa shape index (κ3) is 29.0. The molecule has 1 atom stereocenters. The first kappa shape index (κ1) is 26.2. The number of carboxylic acid groups (broad SMARTS) is 1. The third-order valence-corrected chi connectivity index (χ3v) is 2.78. The number of carbonyl (C=O) groups is 3. The van der Waals surface area contributed by atoms with E-state index in [9.17, 15) is 9.59 Å². The first-order valence-corrected chi connectivity index (χ1v) is 7.69. The fourth-order valence-electron chi connectivity index (χ4n) is 1.41. The van der Waals surface area contributed by atoms with Crippen LogP contribution in [0.15, 0.2) is 12.2 Å². The maximum Gasteiger partial charge on any atom is 0.317 e.